The van der Waals surface area contributed by atoms with Gasteiger partial charge in [-0.05, 0) is 67.0 Å². The molecule has 0 saturated carbocycles. The number of pyridine rings is 1. The molecule has 0 radical (unpaired) electrons. The Hall–Kier alpha value is -3.02. The molecule has 0 spiro atoms. The SMILES string of the molecule is CN(C(=O)c1ccc(C[C@@H]2CC[C@H]([C@H](O)c3ccccc3)N2)cc1)C1CCc2ncccc21. The van der Waals surface area contributed by atoms with Crippen LogP contribution in [0.1, 0.15) is 64.2 Å². The van der Waals surface area contributed by atoms with Crippen molar-refractivity contribution in [2.75, 3.05) is 7.05 Å². The van der Waals surface area contributed by atoms with Crippen molar-refractivity contribution >= 4 is 5.91 Å². The summed E-state index contributed by atoms with van der Waals surface area (Å²) in [6.45, 7) is 0. The molecule has 2 N–H and O–H groups in total. The first kappa shape index (κ1) is 21.8. The van der Waals surface area contributed by atoms with Gasteiger partial charge in [-0.3, -0.25) is 9.78 Å². The normalized spacial score (nSPS) is 22.7. The fraction of sp³-hybridized carbons (Fsp3) is 0.357. The summed E-state index contributed by atoms with van der Waals surface area (Å²) in [7, 11) is 1.89. The number of aliphatic hydroxyl groups excluding tert-OH is 1. The molecular weight excluding hydrogens is 410 g/mol. The second-order valence-corrected chi connectivity index (χ2v) is 9.31. The number of fused-ring (bicyclic) bond motifs is 1. The van der Waals surface area contributed by atoms with Crippen LogP contribution in [0.15, 0.2) is 72.9 Å². The van der Waals surface area contributed by atoms with Crippen molar-refractivity contribution in [1.29, 1.82) is 0 Å². The van der Waals surface area contributed by atoms with Gasteiger partial charge >= 0.3 is 0 Å². The monoisotopic (exact) mass is 441 g/mol. The summed E-state index contributed by atoms with van der Waals surface area (Å²) in [6.07, 6.45) is 6.08. The molecule has 2 heterocycles. The molecule has 2 aromatic carbocycles. The van der Waals surface area contributed by atoms with Gasteiger partial charge in [-0.25, -0.2) is 0 Å². The van der Waals surface area contributed by atoms with Crippen LogP contribution < -0.4 is 5.32 Å². The first-order valence-electron chi connectivity index (χ1n) is 11.9. The van der Waals surface area contributed by atoms with Gasteiger partial charge in [-0.2, -0.15) is 0 Å². The van der Waals surface area contributed by atoms with Gasteiger partial charge in [0.1, 0.15) is 0 Å². The average molecular weight is 442 g/mol. The molecule has 1 unspecified atom stereocenters. The number of carbonyl (C=O) groups excluding carboxylic acids is 1. The molecule has 1 aromatic heterocycles. The predicted molar refractivity (Wildman–Crippen MR) is 129 cm³/mol. The van der Waals surface area contributed by atoms with E-state index < -0.39 is 6.10 Å². The highest BCUT2D eigenvalue weighted by Crippen LogP contribution is 2.34. The van der Waals surface area contributed by atoms with Gasteiger partial charge in [0.05, 0.1) is 12.1 Å². The zero-order valence-electron chi connectivity index (χ0n) is 19.0. The Morgan fingerprint density at radius 3 is 2.64 bits per heavy atom. The van der Waals surface area contributed by atoms with Crippen LogP contribution in [0.4, 0.5) is 0 Å². The summed E-state index contributed by atoms with van der Waals surface area (Å²) in [4.78, 5) is 19.4. The molecule has 2 aliphatic rings. The van der Waals surface area contributed by atoms with Crippen molar-refractivity contribution in [2.45, 2.75) is 56.3 Å². The molecule has 1 amide bonds. The first-order valence-corrected chi connectivity index (χ1v) is 11.9. The van der Waals surface area contributed by atoms with Gasteiger partial charge in [0.2, 0.25) is 0 Å². The second-order valence-electron chi connectivity index (χ2n) is 9.31. The molecule has 1 fully saturated rings. The molecule has 170 valence electrons. The fourth-order valence-electron chi connectivity index (χ4n) is 5.35. The van der Waals surface area contributed by atoms with Crippen LogP contribution in [-0.4, -0.2) is 40.0 Å². The summed E-state index contributed by atoms with van der Waals surface area (Å²) in [6, 6.07) is 22.4. The number of carbonyl (C=O) groups is 1. The Labute approximate surface area is 195 Å². The van der Waals surface area contributed by atoms with Crippen molar-refractivity contribution in [1.82, 2.24) is 15.2 Å². The molecule has 1 aliphatic carbocycles. The molecule has 5 nitrogen and oxygen atoms in total. The largest absolute Gasteiger partial charge is 0.387 e. The number of benzene rings is 2. The highest BCUT2D eigenvalue weighted by Gasteiger charge is 2.31. The maximum atomic E-state index is 13.1. The molecular formula is C28H31N3O2. The minimum absolute atomic E-state index is 0.0493. The average Bonchev–Trinajstić information content (AvgIpc) is 3.51. The van der Waals surface area contributed by atoms with Crippen LogP contribution in [0.25, 0.3) is 0 Å². The van der Waals surface area contributed by atoms with Crippen LogP contribution in [0.3, 0.4) is 0 Å². The lowest BCUT2D eigenvalue weighted by Gasteiger charge is -2.25. The van der Waals surface area contributed by atoms with E-state index in [1.165, 1.54) is 11.1 Å². The fourth-order valence-corrected chi connectivity index (χ4v) is 5.35. The molecule has 1 saturated heterocycles. The lowest BCUT2D eigenvalue weighted by molar-refractivity contribution is 0.0730. The number of amides is 1. The summed E-state index contributed by atoms with van der Waals surface area (Å²) in [5, 5.41) is 14.3. The van der Waals surface area contributed by atoms with E-state index in [4.69, 9.17) is 0 Å². The van der Waals surface area contributed by atoms with Gasteiger partial charge in [0.15, 0.2) is 0 Å². The molecule has 1 aliphatic heterocycles. The quantitative estimate of drug-likeness (QED) is 0.601. The van der Waals surface area contributed by atoms with Gasteiger partial charge < -0.3 is 15.3 Å². The third-order valence-electron chi connectivity index (χ3n) is 7.21. The van der Waals surface area contributed by atoms with Crippen LogP contribution in [0.5, 0.6) is 0 Å². The maximum Gasteiger partial charge on any atom is 0.254 e. The summed E-state index contributed by atoms with van der Waals surface area (Å²) in [5.74, 6) is 0.0493. The highest BCUT2D eigenvalue weighted by atomic mass is 16.3. The van der Waals surface area contributed by atoms with Gasteiger partial charge in [0, 0.05) is 36.6 Å². The molecule has 5 rings (SSSR count). The van der Waals surface area contributed by atoms with Crippen molar-refractivity contribution in [3.63, 3.8) is 0 Å². The molecule has 5 heteroatoms. The Balaban J connectivity index is 1.19. The van der Waals surface area contributed by atoms with E-state index in [1.807, 2.05) is 66.7 Å². The number of aryl methyl sites for hydroxylation is 1. The molecule has 33 heavy (non-hydrogen) atoms. The van der Waals surface area contributed by atoms with Crippen LogP contribution >= 0.6 is 0 Å². The van der Waals surface area contributed by atoms with Crippen molar-refractivity contribution in [3.8, 4) is 0 Å². The van der Waals surface area contributed by atoms with Crippen LogP contribution in [0.2, 0.25) is 0 Å². The van der Waals surface area contributed by atoms with E-state index in [-0.39, 0.29) is 18.0 Å². The van der Waals surface area contributed by atoms with Crippen LogP contribution in [0, 0.1) is 0 Å². The van der Waals surface area contributed by atoms with E-state index in [2.05, 4.69) is 28.5 Å². The number of nitrogens with zero attached hydrogens (tertiary/aromatic N) is 2. The Bertz CT molecular complexity index is 1100. The summed E-state index contributed by atoms with van der Waals surface area (Å²) < 4.78 is 0. The van der Waals surface area contributed by atoms with E-state index in [1.54, 1.807) is 0 Å². The van der Waals surface area contributed by atoms with Crippen molar-refractivity contribution < 1.29 is 9.90 Å². The highest BCUT2D eigenvalue weighted by molar-refractivity contribution is 5.94. The number of aromatic nitrogens is 1. The number of hydrogen-bond acceptors (Lipinski definition) is 4. The Kier molecular flexibility index (Phi) is 6.25. The van der Waals surface area contributed by atoms with E-state index in [0.717, 1.165) is 48.9 Å². The van der Waals surface area contributed by atoms with E-state index in [0.29, 0.717) is 6.04 Å². The van der Waals surface area contributed by atoms with Gasteiger partial charge in [-0.1, -0.05) is 48.5 Å². The van der Waals surface area contributed by atoms with Gasteiger partial charge in [0.25, 0.3) is 5.91 Å². The van der Waals surface area contributed by atoms with Crippen LogP contribution in [-0.2, 0) is 12.8 Å². The third kappa shape index (κ3) is 4.56. The number of hydrogen-bond donors (Lipinski definition) is 2. The van der Waals surface area contributed by atoms with Gasteiger partial charge in [-0.15, -0.1) is 0 Å². The minimum Gasteiger partial charge on any atom is -0.387 e. The minimum atomic E-state index is -0.484. The lowest BCUT2D eigenvalue weighted by atomic mass is 10.0. The third-order valence-corrected chi connectivity index (χ3v) is 7.21. The molecule has 3 aromatic rings. The Morgan fingerprint density at radius 1 is 1.06 bits per heavy atom. The second kappa shape index (κ2) is 9.46. The topological polar surface area (TPSA) is 65.5 Å². The summed E-state index contributed by atoms with van der Waals surface area (Å²) in [5.41, 5.74) is 5.16. The first-order chi connectivity index (χ1) is 16.1. The van der Waals surface area contributed by atoms with Crippen molar-refractivity contribution in [3.05, 3.63) is 101 Å². The molecule has 0 bridgehead atoms. The maximum absolute atomic E-state index is 13.1. The predicted octanol–water partition coefficient (Wildman–Crippen LogP) is 4.24. The van der Waals surface area contributed by atoms with E-state index in [9.17, 15) is 9.90 Å². The zero-order valence-corrected chi connectivity index (χ0v) is 19.0. The lowest BCUT2D eigenvalue weighted by Crippen LogP contribution is -2.35. The van der Waals surface area contributed by atoms with Crippen molar-refractivity contribution in [2.24, 2.45) is 0 Å². The smallest absolute Gasteiger partial charge is 0.254 e. The number of nitrogens with one attached hydrogen (secondary N) is 1. The number of rotatable bonds is 6. The van der Waals surface area contributed by atoms with E-state index >= 15 is 0 Å². The molecule has 4 atom stereocenters. The summed E-state index contributed by atoms with van der Waals surface area (Å²) >= 11 is 0. The Morgan fingerprint density at radius 2 is 1.85 bits per heavy atom. The number of aliphatic hydroxyl groups is 1. The zero-order chi connectivity index (χ0) is 22.8. The standard InChI is InChI=1S/C28H31N3O2/c1-31(26-16-15-24-23(26)8-5-17-29-24)28(33)21-11-9-19(10-12-21)18-22-13-14-25(30-22)27(32)20-6-3-2-4-7-20/h2-12,17,22,25-27,30,32H,13-16,18H2,1H3/t22-,25+,26?,27+/m0/s1.